The third-order valence-corrected chi connectivity index (χ3v) is 5.48. The molecule has 0 spiro atoms. The van der Waals surface area contributed by atoms with Crippen LogP contribution >= 0.6 is 0 Å². The van der Waals surface area contributed by atoms with Crippen molar-refractivity contribution in [3.8, 4) is 0 Å². The Morgan fingerprint density at radius 3 is 2.55 bits per heavy atom. The molecule has 10 heteroatoms. The van der Waals surface area contributed by atoms with Crippen molar-refractivity contribution < 1.29 is 24.2 Å². The molecule has 2 heterocycles. The average Bonchev–Trinajstić information content (AvgIpc) is 2.79. The minimum absolute atomic E-state index is 0.0423. The number of methoxy groups -OCH3 is 1. The standard InChI is InChI=1S/C23H31N5O5/c1-3-4-21(29)25-16-5-6-19-17(13-16)18(23(31)32)14-20(26-19)28-10-8-27(9-11-28)15-22(30)24-7-12-33-2/h5-6,13-14H,3-4,7-12,15H2,1-2H3,(H,24,30)(H,25,29)(H,31,32). The molecule has 3 rings (SSSR count). The van der Waals surface area contributed by atoms with Crippen LogP contribution in [0.4, 0.5) is 11.5 Å². The van der Waals surface area contributed by atoms with Gasteiger partial charge in [-0.1, -0.05) is 6.92 Å². The largest absolute Gasteiger partial charge is 0.478 e. The summed E-state index contributed by atoms with van der Waals surface area (Å²) in [5.41, 5.74) is 1.25. The van der Waals surface area contributed by atoms with E-state index in [1.807, 2.05) is 11.8 Å². The van der Waals surface area contributed by atoms with Crippen molar-refractivity contribution in [2.45, 2.75) is 19.8 Å². The Morgan fingerprint density at radius 1 is 1.12 bits per heavy atom. The lowest BCUT2D eigenvalue weighted by atomic mass is 10.1. The van der Waals surface area contributed by atoms with Gasteiger partial charge in [0.15, 0.2) is 0 Å². The summed E-state index contributed by atoms with van der Waals surface area (Å²) in [4.78, 5) is 44.6. The first kappa shape index (κ1) is 24.4. The summed E-state index contributed by atoms with van der Waals surface area (Å²) in [6.07, 6.45) is 1.14. The zero-order chi connectivity index (χ0) is 23.8. The Bertz CT molecular complexity index is 1000. The first-order chi connectivity index (χ1) is 15.9. The molecule has 0 saturated carbocycles. The van der Waals surface area contributed by atoms with E-state index >= 15 is 0 Å². The van der Waals surface area contributed by atoms with Crippen molar-refractivity contribution in [1.29, 1.82) is 0 Å². The Morgan fingerprint density at radius 2 is 1.88 bits per heavy atom. The van der Waals surface area contributed by atoms with E-state index in [1.54, 1.807) is 31.4 Å². The highest BCUT2D eigenvalue weighted by atomic mass is 16.5. The molecule has 178 valence electrons. The number of pyridine rings is 1. The number of carboxylic acid groups (broad SMARTS) is 1. The SMILES string of the molecule is CCCC(=O)Nc1ccc2nc(N3CCN(CC(=O)NCCOC)CC3)cc(C(=O)O)c2c1. The van der Waals surface area contributed by atoms with Gasteiger partial charge in [-0.2, -0.15) is 0 Å². The van der Waals surface area contributed by atoms with E-state index in [1.165, 1.54) is 0 Å². The molecule has 33 heavy (non-hydrogen) atoms. The van der Waals surface area contributed by atoms with Gasteiger partial charge in [-0.15, -0.1) is 0 Å². The maximum absolute atomic E-state index is 12.0. The predicted octanol–water partition coefficient (Wildman–Crippen LogP) is 1.56. The van der Waals surface area contributed by atoms with Crippen molar-refractivity contribution in [3.05, 3.63) is 29.8 Å². The smallest absolute Gasteiger partial charge is 0.336 e. The van der Waals surface area contributed by atoms with Crippen LogP contribution in [-0.2, 0) is 14.3 Å². The fourth-order valence-corrected chi connectivity index (χ4v) is 3.77. The normalized spacial score (nSPS) is 14.3. The highest BCUT2D eigenvalue weighted by molar-refractivity contribution is 6.05. The number of aromatic carboxylic acids is 1. The number of nitrogens with zero attached hydrogens (tertiary/aromatic N) is 3. The molecule has 1 aromatic heterocycles. The molecule has 1 aromatic carbocycles. The lowest BCUT2D eigenvalue weighted by molar-refractivity contribution is -0.122. The first-order valence-electron chi connectivity index (χ1n) is 11.1. The van der Waals surface area contributed by atoms with Gasteiger partial charge in [0.1, 0.15) is 5.82 Å². The van der Waals surface area contributed by atoms with Crippen LogP contribution in [0.3, 0.4) is 0 Å². The molecule has 3 N–H and O–H groups in total. The summed E-state index contributed by atoms with van der Waals surface area (Å²) >= 11 is 0. The lowest BCUT2D eigenvalue weighted by Gasteiger charge is -2.35. The summed E-state index contributed by atoms with van der Waals surface area (Å²) in [6.45, 7) is 5.80. The van der Waals surface area contributed by atoms with Gasteiger partial charge in [0, 0.05) is 57.3 Å². The zero-order valence-corrected chi connectivity index (χ0v) is 19.1. The van der Waals surface area contributed by atoms with Crippen LogP contribution in [-0.4, -0.2) is 85.8 Å². The van der Waals surface area contributed by atoms with E-state index in [-0.39, 0.29) is 17.4 Å². The van der Waals surface area contributed by atoms with Gasteiger partial charge >= 0.3 is 5.97 Å². The summed E-state index contributed by atoms with van der Waals surface area (Å²) in [7, 11) is 1.59. The highest BCUT2D eigenvalue weighted by Crippen LogP contribution is 2.27. The van der Waals surface area contributed by atoms with Crippen LogP contribution in [0.5, 0.6) is 0 Å². The van der Waals surface area contributed by atoms with Gasteiger partial charge in [-0.25, -0.2) is 9.78 Å². The number of anilines is 2. The van der Waals surface area contributed by atoms with Crippen LogP contribution in [0, 0.1) is 0 Å². The second-order valence-electron chi connectivity index (χ2n) is 7.97. The van der Waals surface area contributed by atoms with Gasteiger partial charge in [0.05, 0.1) is 24.2 Å². The van der Waals surface area contributed by atoms with E-state index in [9.17, 15) is 19.5 Å². The molecule has 1 aliphatic rings. The highest BCUT2D eigenvalue weighted by Gasteiger charge is 2.22. The first-order valence-corrected chi connectivity index (χ1v) is 11.1. The van der Waals surface area contributed by atoms with E-state index in [0.29, 0.717) is 74.7 Å². The number of carbonyl (C=O) groups is 3. The molecule has 10 nitrogen and oxygen atoms in total. The van der Waals surface area contributed by atoms with Gasteiger partial charge in [-0.3, -0.25) is 14.5 Å². The molecule has 1 fully saturated rings. The summed E-state index contributed by atoms with van der Waals surface area (Å²) < 4.78 is 4.93. The maximum atomic E-state index is 12.0. The molecule has 1 aliphatic heterocycles. The predicted molar refractivity (Wildman–Crippen MR) is 126 cm³/mol. The number of hydrogen-bond acceptors (Lipinski definition) is 7. The molecule has 0 unspecified atom stereocenters. The average molecular weight is 458 g/mol. The number of piperazine rings is 1. The number of hydrogen-bond donors (Lipinski definition) is 3. The molecule has 1 saturated heterocycles. The monoisotopic (exact) mass is 457 g/mol. The van der Waals surface area contributed by atoms with E-state index in [4.69, 9.17) is 4.74 Å². The molecule has 0 aliphatic carbocycles. The Labute approximate surface area is 192 Å². The third-order valence-electron chi connectivity index (χ3n) is 5.48. The third kappa shape index (κ3) is 6.62. The molecule has 0 radical (unpaired) electrons. The number of ether oxygens (including phenoxy) is 1. The molecule has 0 bridgehead atoms. The number of fused-ring (bicyclic) bond motifs is 1. The van der Waals surface area contributed by atoms with Crippen molar-refractivity contribution in [2.24, 2.45) is 0 Å². The number of benzene rings is 1. The Kier molecular flexibility index (Phi) is 8.56. The van der Waals surface area contributed by atoms with Crippen LogP contribution in [0.15, 0.2) is 24.3 Å². The van der Waals surface area contributed by atoms with Crippen LogP contribution in [0.25, 0.3) is 10.9 Å². The van der Waals surface area contributed by atoms with Gasteiger partial charge in [0.2, 0.25) is 11.8 Å². The van der Waals surface area contributed by atoms with Gasteiger partial charge in [-0.05, 0) is 30.7 Å². The zero-order valence-electron chi connectivity index (χ0n) is 19.1. The molecule has 2 aromatic rings. The number of carboxylic acids is 1. The maximum Gasteiger partial charge on any atom is 0.336 e. The number of carbonyl (C=O) groups excluding carboxylic acids is 2. The van der Waals surface area contributed by atoms with Crippen LogP contribution in [0.2, 0.25) is 0 Å². The number of rotatable bonds is 10. The minimum atomic E-state index is -1.05. The summed E-state index contributed by atoms with van der Waals surface area (Å²) in [5, 5.41) is 15.9. The van der Waals surface area contributed by atoms with E-state index in [2.05, 4.69) is 20.5 Å². The van der Waals surface area contributed by atoms with Crippen molar-refractivity contribution in [2.75, 3.05) is 63.2 Å². The van der Waals surface area contributed by atoms with Crippen LogP contribution < -0.4 is 15.5 Å². The lowest BCUT2D eigenvalue weighted by Crippen LogP contribution is -2.50. The number of aromatic nitrogens is 1. The fourth-order valence-electron chi connectivity index (χ4n) is 3.77. The summed E-state index contributed by atoms with van der Waals surface area (Å²) in [5.74, 6) is -0.609. The quantitative estimate of drug-likeness (QED) is 0.459. The molecule has 2 amide bonds. The van der Waals surface area contributed by atoms with Gasteiger partial charge < -0.3 is 25.4 Å². The van der Waals surface area contributed by atoms with Crippen molar-refractivity contribution in [1.82, 2.24) is 15.2 Å². The van der Waals surface area contributed by atoms with Crippen LogP contribution in [0.1, 0.15) is 30.1 Å². The molecular formula is C23H31N5O5. The van der Waals surface area contributed by atoms with E-state index in [0.717, 1.165) is 6.42 Å². The number of amides is 2. The number of nitrogens with one attached hydrogen (secondary N) is 2. The Balaban J connectivity index is 1.70. The second-order valence-corrected chi connectivity index (χ2v) is 7.97. The topological polar surface area (TPSA) is 124 Å². The molecular weight excluding hydrogens is 426 g/mol. The van der Waals surface area contributed by atoms with Crippen molar-refractivity contribution in [3.63, 3.8) is 0 Å². The second kappa shape index (κ2) is 11.6. The van der Waals surface area contributed by atoms with E-state index < -0.39 is 5.97 Å². The minimum Gasteiger partial charge on any atom is -0.478 e. The summed E-state index contributed by atoms with van der Waals surface area (Å²) in [6, 6.07) is 6.70. The Hall–Kier alpha value is -3.24. The molecule has 0 atom stereocenters. The van der Waals surface area contributed by atoms with Crippen molar-refractivity contribution >= 4 is 40.2 Å². The van der Waals surface area contributed by atoms with Gasteiger partial charge in [0.25, 0.3) is 0 Å². The fraction of sp³-hybridized carbons (Fsp3) is 0.478.